The Morgan fingerprint density at radius 1 is 1.35 bits per heavy atom. The quantitative estimate of drug-likeness (QED) is 0.802. The maximum atomic E-state index is 12.2. The minimum atomic E-state index is -0.780. The molecule has 0 aromatic heterocycles. The predicted octanol–water partition coefficient (Wildman–Crippen LogP) is 3.24. The van der Waals surface area contributed by atoms with Gasteiger partial charge in [-0.25, -0.2) is 0 Å². The van der Waals surface area contributed by atoms with Crippen LogP contribution in [0.2, 0.25) is 0 Å². The third kappa shape index (κ3) is 2.17. The van der Waals surface area contributed by atoms with E-state index in [1.807, 2.05) is 36.1 Å². The molecule has 1 saturated carbocycles. The first kappa shape index (κ1) is 14.0. The summed E-state index contributed by atoms with van der Waals surface area (Å²) in [6, 6.07) is 7.66. The van der Waals surface area contributed by atoms with Gasteiger partial charge >= 0.3 is 0 Å². The van der Waals surface area contributed by atoms with Crippen LogP contribution in [-0.4, -0.2) is 28.3 Å². The molecule has 3 atom stereocenters. The van der Waals surface area contributed by atoms with Gasteiger partial charge in [-0.2, -0.15) is 0 Å². The molecule has 0 bridgehead atoms. The average Bonchev–Trinajstić information content (AvgIpc) is 2.99. The molecule has 2 aliphatic rings. The van der Waals surface area contributed by atoms with Crippen LogP contribution in [0.1, 0.15) is 18.9 Å². The fourth-order valence-corrected chi connectivity index (χ4v) is 4.26. The van der Waals surface area contributed by atoms with E-state index in [2.05, 4.69) is 0 Å². The lowest BCUT2D eigenvalue weighted by molar-refractivity contribution is -0.136. The van der Waals surface area contributed by atoms with Crippen molar-refractivity contribution in [2.45, 2.75) is 30.3 Å². The fraction of sp³-hybridized carbons (Fsp3) is 0.533. The van der Waals surface area contributed by atoms with Gasteiger partial charge in [-0.1, -0.05) is 42.3 Å². The van der Waals surface area contributed by atoms with Crippen LogP contribution >= 0.6 is 23.2 Å². The molecule has 1 aromatic carbocycles. The molecule has 0 radical (unpaired) electrons. The normalized spacial score (nSPS) is 30.9. The number of carbonyl (C=O) groups is 1. The van der Waals surface area contributed by atoms with Gasteiger partial charge in [0, 0.05) is 18.9 Å². The molecule has 5 heteroatoms. The summed E-state index contributed by atoms with van der Waals surface area (Å²) in [7, 11) is 1.63. The molecule has 108 valence electrons. The van der Waals surface area contributed by atoms with E-state index in [4.69, 9.17) is 27.9 Å². The molecule has 3 rings (SSSR count). The van der Waals surface area contributed by atoms with E-state index in [1.165, 1.54) is 0 Å². The van der Waals surface area contributed by atoms with Crippen LogP contribution in [0.15, 0.2) is 24.3 Å². The van der Waals surface area contributed by atoms with Crippen molar-refractivity contribution in [3.63, 3.8) is 0 Å². The molecular weight excluding hydrogens is 297 g/mol. The highest BCUT2D eigenvalue weighted by Gasteiger charge is 2.70. The van der Waals surface area contributed by atoms with Crippen molar-refractivity contribution in [3.8, 4) is 5.75 Å². The van der Waals surface area contributed by atoms with E-state index in [9.17, 15) is 4.79 Å². The standard InChI is InChI=1S/C15H17Cl2NO2/c1-9-7-12(19)18(14-13(9)15(14,16)17)8-10-3-5-11(20-2)6-4-10/h3-6,9,13-14H,7-8H2,1-2H3. The number of halogens is 2. The highest BCUT2D eigenvalue weighted by molar-refractivity contribution is 6.52. The van der Waals surface area contributed by atoms with E-state index >= 15 is 0 Å². The van der Waals surface area contributed by atoms with Crippen LogP contribution in [0.3, 0.4) is 0 Å². The molecule has 1 aromatic rings. The van der Waals surface area contributed by atoms with Gasteiger partial charge < -0.3 is 9.64 Å². The summed E-state index contributed by atoms with van der Waals surface area (Å²) < 4.78 is 4.35. The van der Waals surface area contributed by atoms with Gasteiger partial charge in [-0.3, -0.25) is 4.79 Å². The Labute approximate surface area is 128 Å². The Balaban J connectivity index is 1.77. The van der Waals surface area contributed by atoms with Crippen molar-refractivity contribution in [1.82, 2.24) is 4.90 Å². The number of methoxy groups -OCH3 is 1. The first-order valence-corrected chi connectivity index (χ1v) is 7.51. The van der Waals surface area contributed by atoms with E-state index in [0.717, 1.165) is 11.3 Å². The minimum absolute atomic E-state index is 0.0517. The summed E-state index contributed by atoms with van der Waals surface area (Å²) in [4.78, 5) is 14.1. The maximum Gasteiger partial charge on any atom is 0.223 e. The molecule has 1 heterocycles. The lowest BCUT2D eigenvalue weighted by Crippen LogP contribution is -2.39. The van der Waals surface area contributed by atoms with E-state index in [0.29, 0.717) is 13.0 Å². The number of likely N-dealkylation sites (tertiary alicyclic amines) is 1. The number of benzene rings is 1. The van der Waals surface area contributed by atoms with Crippen LogP contribution in [0.5, 0.6) is 5.75 Å². The zero-order valence-corrected chi connectivity index (χ0v) is 13.0. The second kappa shape index (κ2) is 4.81. The molecule has 2 fully saturated rings. The number of hydrogen-bond donors (Lipinski definition) is 0. The third-order valence-electron chi connectivity index (χ3n) is 4.35. The molecule has 3 nitrogen and oxygen atoms in total. The second-order valence-corrected chi connectivity index (χ2v) is 7.14. The number of hydrogen-bond acceptors (Lipinski definition) is 2. The zero-order chi connectivity index (χ0) is 14.5. The molecule has 1 aliphatic heterocycles. The minimum Gasteiger partial charge on any atom is -0.497 e. The van der Waals surface area contributed by atoms with Crippen molar-refractivity contribution in [3.05, 3.63) is 29.8 Å². The molecule has 1 saturated heterocycles. The highest BCUT2D eigenvalue weighted by atomic mass is 35.5. The van der Waals surface area contributed by atoms with E-state index < -0.39 is 4.33 Å². The number of amides is 1. The van der Waals surface area contributed by atoms with Gasteiger partial charge in [-0.15, -0.1) is 0 Å². The Bertz CT molecular complexity index is 529. The van der Waals surface area contributed by atoms with Gasteiger partial charge in [0.15, 0.2) is 0 Å². The number of piperidine rings is 1. The topological polar surface area (TPSA) is 29.5 Å². The number of rotatable bonds is 3. The van der Waals surface area contributed by atoms with Crippen LogP contribution in [0, 0.1) is 11.8 Å². The van der Waals surface area contributed by atoms with Crippen molar-refractivity contribution in [1.29, 1.82) is 0 Å². The van der Waals surface area contributed by atoms with Crippen molar-refractivity contribution in [2.24, 2.45) is 11.8 Å². The smallest absolute Gasteiger partial charge is 0.223 e. The number of nitrogens with zero attached hydrogens (tertiary/aromatic N) is 1. The summed E-state index contributed by atoms with van der Waals surface area (Å²) in [5.74, 6) is 1.40. The Morgan fingerprint density at radius 3 is 2.60 bits per heavy atom. The van der Waals surface area contributed by atoms with Crippen LogP contribution < -0.4 is 4.74 Å². The molecule has 0 spiro atoms. The molecule has 0 N–H and O–H groups in total. The average molecular weight is 314 g/mol. The maximum absolute atomic E-state index is 12.2. The second-order valence-electron chi connectivity index (χ2n) is 5.70. The zero-order valence-electron chi connectivity index (χ0n) is 11.5. The molecule has 3 unspecified atom stereocenters. The van der Waals surface area contributed by atoms with E-state index in [1.54, 1.807) is 7.11 Å². The van der Waals surface area contributed by atoms with Gasteiger partial charge in [0.1, 0.15) is 10.1 Å². The van der Waals surface area contributed by atoms with Gasteiger partial charge in [0.05, 0.1) is 13.2 Å². The molecule has 20 heavy (non-hydrogen) atoms. The SMILES string of the molecule is COc1ccc(CN2C(=O)CC(C)C3C2C3(Cl)Cl)cc1. The van der Waals surface area contributed by atoms with Crippen molar-refractivity contribution in [2.75, 3.05) is 7.11 Å². The monoisotopic (exact) mass is 313 g/mol. The molecular formula is C15H17Cl2NO2. The van der Waals surface area contributed by atoms with Crippen LogP contribution in [0.25, 0.3) is 0 Å². The summed E-state index contributed by atoms with van der Waals surface area (Å²) in [6.45, 7) is 2.60. The summed E-state index contributed by atoms with van der Waals surface area (Å²) in [5.41, 5.74) is 1.06. The number of ether oxygens (including phenoxy) is 1. The molecule has 1 aliphatic carbocycles. The van der Waals surface area contributed by atoms with Crippen molar-refractivity contribution >= 4 is 29.1 Å². The lowest BCUT2D eigenvalue weighted by Gasteiger charge is -2.29. The number of carbonyl (C=O) groups excluding carboxylic acids is 1. The number of fused-ring (bicyclic) bond motifs is 1. The van der Waals surface area contributed by atoms with Gasteiger partial charge in [0.25, 0.3) is 0 Å². The number of alkyl halides is 2. The summed E-state index contributed by atoms with van der Waals surface area (Å²) in [6.07, 6.45) is 0.526. The van der Waals surface area contributed by atoms with Crippen LogP contribution in [-0.2, 0) is 11.3 Å². The largest absolute Gasteiger partial charge is 0.497 e. The van der Waals surface area contributed by atoms with Gasteiger partial charge in [0.2, 0.25) is 5.91 Å². The Kier molecular flexibility index (Phi) is 3.38. The molecule has 1 amide bonds. The fourth-order valence-electron chi connectivity index (χ4n) is 3.21. The lowest BCUT2D eigenvalue weighted by atomic mass is 9.97. The Hall–Kier alpha value is -0.930. The predicted molar refractivity (Wildman–Crippen MR) is 79.0 cm³/mol. The van der Waals surface area contributed by atoms with Crippen LogP contribution in [0.4, 0.5) is 0 Å². The van der Waals surface area contributed by atoms with Crippen molar-refractivity contribution < 1.29 is 9.53 Å². The van der Waals surface area contributed by atoms with Gasteiger partial charge in [-0.05, 0) is 23.6 Å². The summed E-state index contributed by atoms with van der Waals surface area (Å²) >= 11 is 12.7. The Morgan fingerprint density at radius 2 is 2.00 bits per heavy atom. The highest BCUT2D eigenvalue weighted by Crippen LogP contribution is 2.62. The third-order valence-corrected chi connectivity index (χ3v) is 5.30. The van der Waals surface area contributed by atoms with E-state index in [-0.39, 0.29) is 23.8 Å². The first-order chi connectivity index (χ1) is 9.45. The first-order valence-electron chi connectivity index (χ1n) is 6.75. The summed E-state index contributed by atoms with van der Waals surface area (Å²) in [5, 5.41) is 0.